The lowest BCUT2D eigenvalue weighted by atomic mass is 10.1. The molecular weight excluding hydrogens is 269 g/mol. The van der Waals surface area contributed by atoms with Crippen molar-refractivity contribution in [2.45, 2.75) is 6.42 Å². The Morgan fingerprint density at radius 3 is 2.53 bits per heavy atom. The maximum absolute atomic E-state index is 13.1. The van der Waals surface area contributed by atoms with Crippen molar-refractivity contribution in [2.75, 3.05) is 5.32 Å². The molecule has 0 radical (unpaired) electrons. The quantitative estimate of drug-likeness (QED) is 0.847. The first-order chi connectivity index (χ1) is 9.04. The normalized spacial score (nSPS) is 10.2. The lowest BCUT2D eigenvalue weighted by Crippen LogP contribution is -2.14. The molecule has 0 atom stereocenters. The van der Waals surface area contributed by atoms with Crippen LogP contribution in [0, 0.1) is 5.82 Å². The summed E-state index contributed by atoms with van der Waals surface area (Å²) >= 11 is 5.74. The second kappa shape index (κ2) is 5.71. The number of phenolic OH excluding ortho intramolecular Hbond substituents is 1. The molecule has 0 spiro atoms. The van der Waals surface area contributed by atoms with Crippen molar-refractivity contribution in [2.24, 2.45) is 0 Å². The third-order valence-electron chi connectivity index (χ3n) is 2.51. The molecule has 0 aliphatic carbocycles. The standard InChI is InChI=1S/C14H11ClFNO2/c15-10-3-1-9(2-4-10)7-14(19)17-11-5-6-13(18)12(16)8-11/h1-6,8,18H,7H2,(H,17,19). The van der Waals surface area contributed by atoms with Gasteiger partial charge in [-0.25, -0.2) is 4.39 Å². The number of nitrogens with one attached hydrogen (secondary N) is 1. The zero-order chi connectivity index (χ0) is 13.8. The maximum atomic E-state index is 13.1. The van der Waals surface area contributed by atoms with Crippen LogP contribution >= 0.6 is 11.6 Å². The van der Waals surface area contributed by atoms with E-state index in [-0.39, 0.29) is 12.3 Å². The van der Waals surface area contributed by atoms with Gasteiger partial charge in [-0.1, -0.05) is 23.7 Å². The van der Waals surface area contributed by atoms with Crippen molar-refractivity contribution in [3.63, 3.8) is 0 Å². The number of halogens is 2. The Bertz CT molecular complexity index is 599. The van der Waals surface area contributed by atoms with Gasteiger partial charge in [-0.15, -0.1) is 0 Å². The highest BCUT2D eigenvalue weighted by molar-refractivity contribution is 6.30. The summed E-state index contributed by atoms with van der Waals surface area (Å²) in [5, 5.41) is 12.2. The number of carbonyl (C=O) groups is 1. The van der Waals surface area contributed by atoms with E-state index in [0.29, 0.717) is 10.7 Å². The zero-order valence-corrected chi connectivity index (χ0v) is 10.6. The van der Waals surface area contributed by atoms with Crippen LogP contribution in [0.5, 0.6) is 5.75 Å². The summed E-state index contributed by atoms with van der Waals surface area (Å²) in [6.45, 7) is 0. The van der Waals surface area contributed by atoms with Crippen LogP contribution in [0.3, 0.4) is 0 Å². The lowest BCUT2D eigenvalue weighted by molar-refractivity contribution is -0.115. The van der Waals surface area contributed by atoms with E-state index in [9.17, 15) is 9.18 Å². The van der Waals surface area contributed by atoms with Gasteiger partial charge in [0.05, 0.1) is 6.42 Å². The molecule has 0 aliphatic rings. The van der Waals surface area contributed by atoms with Crippen LogP contribution in [-0.2, 0) is 11.2 Å². The molecule has 2 aromatic rings. The van der Waals surface area contributed by atoms with Gasteiger partial charge in [0, 0.05) is 16.8 Å². The molecule has 2 rings (SSSR count). The molecule has 98 valence electrons. The molecule has 0 saturated heterocycles. The molecular formula is C14H11ClFNO2. The van der Waals surface area contributed by atoms with E-state index < -0.39 is 11.6 Å². The fraction of sp³-hybridized carbons (Fsp3) is 0.0714. The van der Waals surface area contributed by atoms with Crippen molar-refractivity contribution < 1.29 is 14.3 Å². The number of phenols is 1. The van der Waals surface area contributed by atoms with Gasteiger partial charge in [0.25, 0.3) is 0 Å². The summed E-state index contributed by atoms with van der Waals surface area (Å²) in [5.74, 6) is -1.49. The topological polar surface area (TPSA) is 49.3 Å². The molecule has 2 N–H and O–H groups in total. The van der Waals surface area contributed by atoms with Gasteiger partial charge in [0.1, 0.15) is 0 Å². The molecule has 0 bridgehead atoms. The fourth-order valence-electron chi connectivity index (χ4n) is 1.58. The van der Waals surface area contributed by atoms with Gasteiger partial charge in [-0.3, -0.25) is 4.79 Å². The summed E-state index contributed by atoms with van der Waals surface area (Å²) in [7, 11) is 0. The predicted octanol–water partition coefficient (Wildman–Crippen LogP) is 3.37. The molecule has 5 heteroatoms. The second-order valence-corrected chi connectivity index (χ2v) is 4.45. The highest BCUT2D eigenvalue weighted by Gasteiger charge is 2.06. The van der Waals surface area contributed by atoms with Crippen LogP contribution in [0.2, 0.25) is 5.02 Å². The highest BCUT2D eigenvalue weighted by Crippen LogP contribution is 2.19. The average Bonchev–Trinajstić information content (AvgIpc) is 2.37. The van der Waals surface area contributed by atoms with Crippen molar-refractivity contribution in [3.05, 3.63) is 58.9 Å². The maximum Gasteiger partial charge on any atom is 0.228 e. The van der Waals surface area contributed by atoms with E-state index >= 15 is 0 Å². The van der Waals surface area contributed by atoms with Crippen LogP contribution in [0.1, 0.15) is 5.56 Å². The van der Waals surface area contributed by atoms with Crippen LogP contribution in [0.15, 0.2) is 42.5 Å². The Balaban J connectivity index is 2.01. The van der Waals surface area contributed by atoms with Gasteiger partial charge in [-0.2, -0.15) is 0 Å². The summed E-state index contributed by atoms with van der Waals surface area (Å²) in [6, 6.07) is 10.6. The minimum Gasteiger partial charge on any atom is -0.505 e. The first kappa shape index (κ1) is 13.4. The number of rotatable bonds is 3. The second-order valence-electron chi connectivity index (χ2n) is 4.02. The number of hydrogen-bond donors (Lipinski definition) is 2. The molecule has 0 fully saturated rings. The molecule has 0 aliphatic heterocycles. The van der Waals surface area contributed by atoms with Gasteiger partial charge >= 0.3 is 0 Å². The minimum absolute atomic E-state index is 0.166. The van der Waals surface area contributed by atoms with Crippen LogP contribution in [0.4, 0.5) is 10.1 Å². The van der Waals surface area contributed by atoms with Crippen LogP contribution in [-0.4, -0.2) is 11.0 Å². The number of carbonyl (C=O) groups excluding carboxylic acids is 1. The zero-order valence-electron chi connectivity index (χ0n) is 9.86. The van der Waals surface area contributed by atoms with Gasteiger partial charge in [-0.05, 0) is 29.8 Å². The Morgan fingerprint density at radius 1 is 1.21 bits per heavy atom. The SMILES string of the molecule is O=C(Cc1ccc(Cl)cc1)Nc1ccc(O)c(F)c1. The molecule has 19 heavy (non-hydrogen) atoms. The monoisotopic (exact) mass is 279 g/mol. The molecule has 0 saturated carbocycles. The first-order valence-electron chi connectivity index (χ1n) is 5.57. The number of anilines is 1. The van der Waals surface area contributed by atoms with Gasteiger partial charge in [0.2, 0.25) is 5.91 Å². The van der Waals surface area contributed by atoms with Crippen LogP contribution in [0.25, 0.3) is 0 Å². The minimum atomic E-state index is -0.774. The smallest absolute Gasteiger partial charge is 0.228 e. The highest BCUT2D eigenvalue weighted by atomic mass is 35.5. The Hall–Kier alpha value is -2.07. The molecule has 3 nitrogen and oxygen atoms in total. The first-order valence-corrected chi connectivity index (χ1v) is 5.95. The molecule has 0 heterocycles. The summed E-state index contributed by atoms with van der Waals surface area (Å²) in [5.41, 5.74) is 1.11. The van der Waals surface area contributed by atoms with E-state index in [1.165, 1.54) is 12.1 Å². The Labute approximate surface area is 114 Å². The molecule has 0 aromatic heterocycles. The van der Waals surface area contributed by atoms with Crippen molar-refractivity contribution in [1.82, 2.24) is 0 Å². The predicted molar refractivity (Wildman–Crippen MR) is 71.9 cm³/mol. The summed E-state index contributed by atoms with van der Waals surface area (Å²) < 4.78 is 13.1. The largest absolute Gasteiger partial charge is 0.505 e. The Morgan fingerprint density at radius 2 is 1.89 bits per heavy atom. The van der Waals surface area contributed by atoms with Crippen molar-refractivity contribution in [3.8, 4) is 5.75 Å². The van der Waals surface area contributed by atoms with E-state index in [1.807, 2.05) is 0 Å². The lowest BCUT2D eigenvalue weighted by Gasteiger charge is -2.06. The summed E-state index contributed by atoms with van der Waals surface area (Å²) in [6.07, 6.45) is 0.166. The molecule has 1 amide bonds. The third kappa shape index (κ3) is 3.69. The van der Waals surface area contributed by atoms with E-state index in [1.54, 1.807) is 24.3 Å². The van der Waals surface area contributed by atoms with Gasteiger partial charge in [0.15, 0.2) is 11.6 Å². The third-order valence-corrected chi connectivity index (χ3v) is 2.76. The number of amides is 1. The summed E-state index contributed by atoms with van der Waals surface area (Å²) in [4.78, 5) is 11.7. The van der Waals surface area contributed by atoms with Crippen molar-refractivity contribution in [1.29, 1.82) is 0 Å². The molecule has 2 aromatic carbocycles. The average molecular weight is 280 g/mol. The number of benzene rings is 2. The van der Waals surface area contributed by atoms with Crippen molar-refractivity contribution >= 4 is 23.2 Å². The van der Waals surface area contributed by atoms with E-state index in [4.69, 9.17) is 16.7 Å². The Kier molecular flexibility index (Phi) is 4.02. The van der Waals surface area contributed by atoms with E-state index in [2.05, 4.69) is 5.32 Å². The molecule has 0 unspecified atom stereocenters. The van der Waals surface area contributed by atoms with Crippen LogP contribution < -0.4 is 5.32 Å². The van der Waals surface area contributed by atoms with Gasteiger partial charge < -0.3 is 10.4 Å². The van der Waals surface area contributed by atoms with E-state index in [0.717, 1.165) is 11.6 Å². The fourth-order valence-corrected chi connectivity index (χ4v) is 1.70. The number of aromatic hydroxyl groups is 1. The number of hydrogen-bond acceptors (Lipinski definition) is 2.